The highest BCUT2D eigenvalue weighted by Crippen LogP contribution is 2.21. The second-order valence-electron chi connectivity index (χ2n) is 2.86. The molecular formula is C11H9BrOS. The molecule has 0 bridgehead atoms. The van der Waals surface area contributed by atoms with E-state index in [1.807, 2.05) is 30.3 Å². The smallest absolute Gasteiger partial charge is 0.119 e. The van der Waals surface area contributed by atoms with Crippen molar-refractivity contribution in [3.05, 3.63) is 51.1 Å². The summed E-state index contributed by atoms with van der Waals surface area (Å²) in [6, 6.07) is 11.9. The Hall–Kier alpha value is -0.800. The zero-order valence-corrected chi connectivity index (χ0v) is 9.85. The van der Waals surface area contributed by atoms with Crippen molar-refractivity contribution < 1.29 is 4.74 Å². The Labute approximate surface area is 95.5 Å². The van der Waals surface area contributed by atoms with E-state index in [1.54, 1.807) is 11.3 Å². The van der Waals surface area contributed by atoms with Crippen LogP contribution in [0.5, 0.6) is 5.75 Å². The molecule has 1 aromatic carbocycles. The molecule has 14 heavy (non-hydrogen) atoms. The number of thiophene rings is 1. The monoisotopic (exact) mass is 268 g/mol. The van der Waals surface area contributed by atoms with Crippen LogP contribution in [0.1, 0.15) is 5.56 Å². The van der Waals surface area contributed by atoms with Gasteiger partial charge in [0, 0.05) is 5.56 Å². The topological polar surface area (TPSA) is 9.23 Å². The molecule has 0 fully saturated rings. The van der Waals surface area contributed by atoms with E-state index in [4.69, 9.17) is 4.74 Å². The molecule has 1 heterocycles. The van der Waals surface area contributed by atoms with Gasteiger partial charge in [-0.2, -0.15) is 0 Å². The first-order valence-electron chi connectivity index (χ1n) is 4.25. The molecule has 0 aliphatic rings. The van der Waals surface area contributed by atoms with Gasteiger partial charge in [0.25, 0.3) is 0 Å². The van der Waals surface area contributed by atoms with Gasteiger partial charge in [0.15, 0.2) is 0 Å². The lowest BCUT2D eigenvalue weighted by atomic mass is 10.3. The molecule has 2 aromatic rings. The highest BCUT2D eigenvalue weighted by atomic mass is 79.9. The van der Waals surface area contributed by atoms with Gasteiger partial charge in [-0.15, -0.1) is 11.3 Å². The van der Waals surface area contributed by atoms with E-state index in [0.717, 1.165) is 9.54 Å². The lowest BCUT2D eigenvalue weighted by Crippen LogP contribution is -1.92. The molecule has 0 unspecified atom stereocenters. The molecule has 0 N–H and O–H groups in total. The third-order valence-electron chi connectivity index (χ3n) is 1.77. The van der Waals surface area contributed by atoms with Crippen molar-refractivity contribution in [3.8, 4) is 5.75 Å². The maximum Gasteiger partial charge on any atom is 0.119 e. The summed E-state index contributed by atoms with van der Waals surface area (Å²) in [4.78, 5) is 0. The Morgan fingerprint density at radius 3 is 2.64 bits per heavy atom. The van der Waals surface area contributed by atoms with E-state index in [1.165, 1.54) is 5.56 Å². The van der Waals surface area contributed by atoms with Crippen LogP contribution >= 0.6 is 27.3 Å². The summed E-state index contributed by atoms with van der Waals surface area (Å²) in [5.74, 6) is 0.912. The van der Waals surface area contributed by atoms with E-state index in [-0.39, 0.29) is 0 Å². The molecule has 72 valence electrons. The molecule has 0 spiro atoms. The standard InChI is InChI=1S/C11H9BrOS/c12-11-6-9(8-14-11)7-13-10-4-2-1-3-5-10/h1-6,8H,7H2. The molecule has 0 amide bonds. The van der Waals surface area contributed by atoms with Gasteiger partial charge in [0.1, 0.15) is 12.4 Å². The summed E-state index contributed by atoms with van der Waals surface area (Å²) >= 11 is 5.10. The highest BCUT2D eigenvalue weighted by Gasteiger charge is 1.97. The molecule has 0 saturated carbocycles. The Balaban J connectivity index is 1.95. The maximum atomic E-state index is 5.59. The molecule has 0 saturated heterocycles. The average molecular weight is 269 g/mol. The minimum atomic E-state index is 0.631. The van der Waals surface area contributed by atoms with E-state index < -0.39 is 0 Å². The number of para-hydroxylation sites is 1. The zero-order chi connectivity index (χ0) is 9.80. The summed E-state index contributed by atoms with van der Waals surface area (Å²) in [5.41, 5.74) is 1.20. The summed E-state index contributed by atoms with van der Waals surface area (Å²) in [7, 11) is 0. The van der Waals surface area contributed by atoms with Crippen LogP contribution in [0.15, 0.2) is 45.6 Å². The third kappa shape index (κ3) is 2.59. The first-order valence-corrected chi connectivity index (χ1v) is 5.92. The van der Waals surface area contributed by atoms with Crippen LogP contribution < -0.4 is 4.74 Å². The first kappa shape index (κ1) is 9.74. The fourth-order valence-corrected chi connectivity index (χ4v) is 2.30. The van der Waals surface area contributed by atoms with E-state index in [9.17, 15) is 0 Å². The number of ether oxygens (including phenoxy) is 1. The summed E-state index contributed by atoms with van der Waals surface area (Å²) in [6.45, 7) is 0.631. The minimum Gasteiger partial charge on any atom is -0.489 e. The molecule has 2 rings (SSSR count). The predicted molar refractivity (Wildman–Crippen MR) is 62.8 cm³/mol. The van der Waals surface area contributed by atoms with Crippen molar-refractivity contribution >= 4 is 27.3 Å². The Bertz CT molecular complexity index is 397. The normalized spacial score (nSPS) is 10.1. The molecule has 0 aliphatic carbocycles. The Morgan fingerprint density at radius 1 is 1.21 bits per heavy atom. The van der Waals surface area contributed by atoms with Crippen LogP contribution in [-0.2, 0) is 6.61 Å². The van der Waals surface area contributed by atoms with Crippen molar-refractivity contribution in [1.82, 2.24) is 0 Å². The summed E-state index contributed by atoms with van der Waals surface area (Å²) in [5, 5.41) is 2.09. The molecular weight excluding hydrogens is 260 g/mol. The average Bonchev–Trinajstić information content (AvgIpc) is 2.63. The van der Waals surface area contributed by atoms with E-state index in [0.29, 0.717) is 6.61 Å². The molecule has 0 radical (unpaired) electrons. The number of hydrogen-bond donors (Lipinski definition) is 0. The van der Waals surface area contributed by atoms with Crippen LogP contribution in [-0.4, -0.2) is 0 Å². The SMILES string of the molecule is Brc1cc(COc2ccccc2)cs1. The number of hydrogen-bond acceptors (Lipinski definition) is 2. The maximum absolute atomic E-state index is 5.59. The van der Waals surface area contributed by atoms with Gasteiger partial charge < -0.3 is 4.74 Å². The van der Waals surface area contributed by atoms with Crippen LogP contribution in [0.4, 0.5) is 0 Å². The van der Waals surface area contributed by atoms with Crippen LogP contribution in [0.25, 0.3) is 0 Å². The molecule has 3 heteroatoms. The zero-order valence-electron chi connectivity index (χ0n) is 7.44. The first-order chi connectivity index (χ1) is 6.84. The number of benzene rings is 1. The largest absolute Gasteiger partial charge is 0.489 e. The Kier molecular flexibility index (Phi) is 3.22. The Morgan fingerprint density at radius 2 is 2.00 bits per heavy atom. The highest BCUT2D eigenvalue weighted by molar-refractivity contribution is 9.11. The van der Waals surface area contributed by atoms with Gasteiger partial charge in [-0.05, 0) is 39.5 Å². The van der Waals surface area contributed by atoms with Crippen LogP contribution in [0, 0.1) is 0 Å². The minimum absolute atomic E-state index is 0.631. The molecule has 0 atom stereocenters. The molecule has 1 aromatic heterocycles. The van der Waals surface area contributed by atoms with E-state index in [2.05, 4.69) is 27.4 Å². The van der Waals surface area contributed by atoms with Gasteiger partial charge in [0.05, 0.1) is 3.79 Å². The van der Waals surface area contributed by atoms with Crippen LogP contribution in [0.2, 0.25) is 0 Å². The van der Waals surface area contributed by atoms with Crippen LogP contribution in [0.3, 0.4) is 0 Å². The molecule has 1 nitrogen and oxygen atoms in total. The van der Waals surface area contributed by atoms with Gasteiger partial charge >= 0.3 is 0 Å². The lowest BCUT2D eigenvalue weighted by molar-refractivity contribution is 0.306. The van der Waals surface area contributed by atoms with Gasteiger partial charge in [-0.25, -0.2) is 0 Å². The number of rotatable bonds is 3. The summed E-state index contributed by atoms with van der Waals surface area (Å²) < 4.78 is 6.73. The lowest BCUT2D eigenvalue weighted by Gasteiger charge is -2.03. The molecule has 0 aliphatic heterocycles. The van der Waals surface area contributed by atoms with Gasteiger partial charge in [-0.1, -0.05) is 18.2 Å². The second kappa shape index (κ2) is 4.62. The fourth-order valence-electron chi connectivity index (χ4n) is 1.10. The van der Waals surface area contributed by atoms with Crippen molar-refractivity contribution in [2.24, 2.45) is 0 Å². The quantitative estimate of drug-likeness (QED) is 0.815. The number of halogens is 1. The predicted octanol–water partition coefficient (Wildman–Crippen LogP) is 4.09. The fraction of sp³-hybridized carbons (Fsp3) is 0.0909. The van der Waals surface area contributed by atoms with Gasteiger partial charge in [0.2, 0.25) is 0 Å². The second-order valence-corrected chi connectivity index (χ2v) is 5.15. The van der Waals surface area contributed by atoms with Crippen molar-refractivity contribution in [3.63, 3.8) is 0 Å². The van der Waals surface area contributed by atoms with Crippen molar-refractivity contribution in [2.75, 3.05) is 0 Å². The van der Waals surface area contributed by atoms with Crippen molar-refractivity contribution in [1.29, 1.82) is 0 Å². The third-order valence-corrected chi connectivity index (χ3v) is 3.32. The van der Waals surface area contributed by atoms with Crippen molar-refractivity contribution in [2.45, 2.75) is 6.61 Å². The van der Waals surface area contributed by atoms with Gasteiger partial charge in [-0.3, -0.25) is 0 Å². The van der Waals surface area contributed by atoms with E-state index >= 15 is 0 Å². The summed E-state index contributed by atoms with van der Waals surface area (Å²) in [6.07, 6.45) is 0.